The Bertz CT molecular complexity index is 1110. The van der Waals surface area contributed by atoms with E-state index in [0.717, 1.165) is 60.6 Å². The van der Waals surface area contributed by atoms with Crippen molar-refractivity contribution in [3.05, 3.63) is 66.7 Å². The number of piperidine rings is 1. The van der Waals surface area contributed by atoms with Crippen LogP contribution in [0.5, 0.6) is 0 Å². The third-order valence-electron chi connectivity index (χ3n) is 5.76. The predicted molar refractivity (Wildman–Crippen MR) is 115 cm³/mol. The molecule has 0 aliphatic carbocycles. The number of hydrogen-bond acceptors (Lipinski definition) is 5. The van der Waals surface area contributed by atoms with E-state index in [1.165, 1.54) is 5.56 Å². The second-order valence-electron chi connectivity index (χ2n) is 7.51. The quantitative estimate of drug-likeness (QED) is 0.525. The Balaban J connectivity index is 1.45. The first-order valence-electron chi connectivity index (χ1n) is 10.3. The van der Waals surface area contributed by atoms with E-state index in [4.69, 9.17) is 9.97 Å². The van der Waals surface area contributed by atoms with Gasteiger partial charge in [-0.15, -0.1) is 0 Å². The summed E-state index contributed by atoms with van der Waals surface area (Å²) in [7, 11) is 0. The first-order valence-corrected chi connectivity index (χ1v) is 10.3. The summed E-state index contributed by atoms with van der Waals surface area (Å²) < 4.78 is 2.01. The van der Waals surface area contributed by atoms with Gasteiger partial charge in [-0.25, -0.2) is 9.97 Å². The molecule has 1 saturated heterocycles. The highest BCUT2D eigenvalue weighted by atomic mass is 15.3. The Kier molecular flexibility index (Phi) is 4.68. The van der Waals surface area contributed by atoms with Crippen LogP contribution in [-0.4, -0.2) is 37.8 Å². The number of rotatable bonds is 4. The summed E-state index contributed by atoms with van der Waals surface area (Å²) in [6, 6.07) is 12.2. The third-order valence-corrected chi connectivity index (χ3v) is 5.76. The Morgan fingerprint density at radius 2 is 1.79 bits per heavy atom. The van der Waals surface area contributed by atoms with Crippen molar-refractivity contribution < 1.29 is 0 Å². The van der Waals surface area contributed by atoms with Gasteiger partial charge in [-0.1, -0.05) is 12.1 Å². The SMILES string of the molecule is CCn1cc(C2CCN(c3nc(-c4ccncc4)nc4ccccc34)CC2)cn1. The molecule has 1 aromatic carbocycles. The van der Waals surface area contributed by atoms with E-state index in [1.54, 1.807) is 12.4 Å². The van der Waals surface area contributed by atoms with Gasteiger partial charge in [0.2, 0.25) is 0 Å². The zero-order chi connectivity index (χ0) is 19.6. The van der Waals surface area contributed by atoms with Crippen LogP contribution in [0.4, 0.5) is 5.82 Å². The zero-order valence-electron chi connectivity index (χ0n) is 16.6. The minimum atomic E-state index is 0.569. The average Bonchev–Trinajstić information content (AvgIpc) is 3.28. The number of benzene rings is 1. The highest BCUT2D eigenvalue weighted by Gasteiger charge is 2.24. The summed E-state index contributed by atoms with van der Waals surface area (Å²) in [6.45, 7) is 5.01. The molecule has 1 aliphatic heterocycles. The fourth-order valence-electron chi connectivity index (χ4n) is 4.12. The zero-order valence-corrected chi connectivity index (χ0v) is 16.6. The number of hydrogen-bond donors (Lipinski definition) is 0. The Hall–Kier alpha value is -3.28. The van der Waals surface area contributed by atoms with E-state index in [-0.39, 0.29) is 0 Å². The van der Waals surface area contributed by atoms with Crippen LogP contribution in [-0.2, 0) is 6.54 Å². The van der Waals surface area contributed by atoms with Gasteiger partial charge in [-0.2, -0.15) is 5.10 Å². The fraction of sp³-hybridized carbons (Fsp3) is 0.304. The molecule has 0 spiro atoms. The van der Waals surface area contributed by atoms with Crippen molar-refractivity contribution in [2.45, 2.75) is 32.2 Å². The fourth-order valence-corrected chi connectivity index (χ4v) is 4.12. The molecule has 3 aromatic heterocycles. The standard InChI is InChI=1S/C23H24N6/c1-2-29-16-19(15-25-29)17-9-13-28(14-10-17)23-20-5-3-4-6-21(20)26-22(27-23)18-7-11-24-12-8-18/h3-8,11-12,15-17H,2,9-10,13-14H2,1H3. The molecule has 0 N–H and O–H groups in total. The average molecular weight is 384 g/mol. The van der Waals surface area contributed by atoms with Gasteiger partial charge in [-0.3, -0.25) is 9.67 Å². The van der Waals surface area contributed by atoms with Crippen molar-refractivity contribution in [2.24, 2.45) is 0 Å². The summed E-state index contributed by atoms with van der Waals surface area (Å²) in [5.74, 6) is 2.36. The van der Waals surface area contributed by atoms with E-state index in [2.05, 4.69) is 46.3 Å². The van der Waals surface area contributed by atoms with Crippen LogP contribution in [0, 0.1) is 0 Å². The number of anilines is 1. The van der Waals surface area contributed by atoms with Crippen molar-refractivity contribution in [3.8, 4) is 11.4 Å². The largest absolute Gasteiger partial charge is 0.356 e. The lowest BCUT2D eigenvalue weighted by Crippen LogP contribution is -2.33. The molecule has 0 atom stereocenters. The number of aryl methyl sites for hydroxylation is 1. The number of para-hydroxylation sites is 1. The lowest BCUT2D eigenvalue weighted by Gasteiger charge is -2.33. The summed E-state index contributed by atoms with van der Waals surface area (Å²) in [6.07, 6.45) is 10.0. The Labute approximate surface area is 170 Å². The summed E-state index contributed by atoms with van der Waals surface area (Å²) in [5.41, 5.74) is 3.33. The number of nitrogens with zero attached hydrogens (tertiary/aromatic N) is 6. The molecule has 0 radical (unpaired) electrons. The summed E-state index contributed by atoms with van der Waals surface area (Å²) >= 11 is 0. The summed E-state index contributed by atoms with van der Waals surface area (Å²) in [4.78, 5) is 16.3. The van der Waals surface area contributed by atoms with Gasteiger partial charge in [0.25, 0.3) is 0 Å². The maximum absolute atomic E-state index is 4.98. The van der Waals surface area contributed by atoms with Crippen molar-refractivity contribution in [3.63, 3.8) is 0 Å². The topological polar surface area (TPSA) is 59.7 Å². The molecular weight excluding hydrogens is 360 g/mol. The number of fused-ring (bicyclic) bond motifs is 1. The Morgan fingerprint density at radius 1 is 1.00 bits per heavy atom. The molecule has 0 bridgehead atoms. The van der Waals surface area contributed by atoms with Crippen molar-refractivity contribution in [1.82, 2.24) is 24.7 Å². The lowest BCUT2D eigenvalue weighted by molar-refractivity contribution is 0.503. The maximum atomic E-state index is 4.98. The monoisotopic (exact) mass is 384 g/mol. The highest BCUT2D eigenvalue weighted by Crippen LogP contribution is 2.33. The second-order valence-corrected chi connectivity index (χ2v) is 7.51. The maximum Gasteiger partial charge on any atom is 0.162 e. The molecule has 4 aromatic rings. The summed E-state index contributed by atoms with van der Waals surface area (Å²) in [5, 5.41) is 5.56. The van der Waals surface area contributed by atoms with Gasteiger partial charge >= 0.3 is 0 Å². The molecule has 0 amide bonds. The van der Waals surface area contributed by atoms with E-state index in [1.807, 2.05) is 29.1 Å². The third kappa shape index (κ3) is 3.46. The van der Waals surface area contributed by atoms with Crippen molar-refractivity contribution in [2.75, 3.05) is 18.0 Å². The van der Waals surface area contributed by atoms with Crippen LogP contribution in [0.1, 0.15) is 31.2 Å². The van der Waals surface area contributed by atoms with Crippen molar-refractivity contribution in [1.29, 1.82) is 0 Å². The van der Waals surface area contributed by atoms with E-state index < -0.39 is 0 Å². The van der Waals surface area contributed by atoms with Gasteiger partial charge in [0.05, 0.1) is 11.7 Å². The number of pyridine rings is 1. The van der Waals surface area contributed by atoms with Gasteiger partial charge in [0.1, 0.15) is 5.82 Å². The molecular formula is C23H24N6. The lowest BCUT2D eigenvalue weighted by atomic mass is 9.91. The molecule has 6 heteroatoms. The van der Waals surface area contributed by atoms with Crippen LogP contribution in [0.2, 0.25) is 0 Å². The Morgan fingerprint density at radius 3 is 2.55 bits per heavy atom. The molecule has 146 valence electrons. The smallest absolute Gasteiger partial charge is 0.162 e. The van der Waals surface area contributed by atoms with E-state index in [0.29, 0.717) is 5.92 Å². The van der Waals surface area contributed by atoms with Gasteiger partial charge in [-0.05, 0) is 55.5 Å². The number of aromatic nitrogens is 5. The first-order chi connectivity index (χ1) is 14.3. The van der Waals surface area contributed by atoms with Crippen LogP contribution in [0.3, 0.4) is 0 Å². The second kappa shape index (κ2) is 7.62. The van der Waals surface area contributed by atoms with Crippen LogP contribution < -0.4 is 4.90 Å². The molecule has 6 nitrogen and oxygen atoms in total. The molecule has 4 heterocycles. The first kappa shape index (κ1) is 17.8. The highest BCUT2D eigenvalue weighted by molar-refractivity contribution is 5.91. The van der Waals surface area contributed by atoms with Gasteiger partial charge in [0, 0.05) is 49.2 Å². The molecule has 1 aliphatic rings. The minimum absolute atomic E-state index is 0.569. The van der Waals surface area contributed by atoms with Crippen LogP contribution in [0.15, 0.2) is 61.2 Å². The van der Waals surface area contributed by atoms with Crippen LogP contribution >= 0.6 is 0 Å². The van der Waals surface area contributed by atoms with E-state index >= 15 is 0 Å². The predicted octanol–water partition coefficient (Wildman–Crippen LogP) is 4.29. The van der Waals surface area contributed by atoms with Gasteiger partial charge in [0.15, 0.2) is 5.82 Å². The van der Waals surface area contributed by atoms with Crippen LogP contribution in [0.25, 0.3) is 22.3 Å². The van der Waals surface area contributed by atoms with Crippen molar-refractivity contribution >= 4 is 16.7 Å². The van der Waals surface area contributed by atoms with E-state index in [9.17, 15) is 0 Å². The molecule has 1 fully saturated rings. The molecule has 5 rings (SSSR count). The normalized spacial score (nSPS) is 15.1. The molecule has 29 heavy (non-hydrogen) atoms. The molecule has 0 unspecified atom stereocenters. The van der Waals surface area contributed by atoms with Gasteiger partial charge < -0.3 is 4.90 Å². The molecule has 0 saturated carbocycles. The minimum Gasteiger partial charge on any atom is -0.356 e.